The van der Waals surface area contributed by atoms with Crippen LogP contribution in [0.5, 0.6) is 0 Å². The van der Waals surface area contributed by atoms with Gasteiger partial charge in [-0.1, -0.05) is 11.6 Å². The van der Waals surface area contributed by atoms with Crippen molar-refractivity contribution in [3.05, 3.63) is 45.5 Å². The molecule has 128 valence electrons. The highest BCUT2D eigenvalue weighted by Crippen LogP contribution is 2.31. The molecule has 6 heteroatoms. The van der Waals surface area contributed by atoms with Crippen LogP contribution in [-0.4, -0.2) is 23.4 Å². The second-order valence-electron chi connectivity index (χ2n) is 6.52. The van der Waals surface area contributed by atoms with Crippen molar-refractivity contribution in [3.63, 3.8) is 0 Å². The number of nitro groups is 1. The number of allylic oxidation sites excluding steroid dienone is 1. The summed E-state index contributed by atoms with van der Waals surface area (Å²) in [7, 11) is 0. The molecule has 0 saturated heterocycles. The summed E-state index contributed by atoms with van der Waals surface area (Å²) < 4.78 is 0. The molecule has 6 nitrogen and oxygen atoms in total. The maximum atomic E-state index is 12.2. The van der Waals surface area contributed by atoms with Crippen molar-refractivity contribution in [1.29, 1.82) is 0 Å². The van der Waals surface area contributed by atoms with E-state index in [4.69, 9.17) is 0 Å². The number of nitrogens with zero attached hydrogens (tertiary/aromatic N) is 1. The fourth-order valence-corrected chi connectivity index (χ4v) is 2.96. The van der Waals surface area contributed by atoms with E-state index in [1.807, 2.05) is 0 Å². The fourth-order valence-electron chi connectivity index (χ4n) is 2.96. The molecule has 1 amide bonds. The molecule has 0 atom stereocenters. The van der Waals surface area contributed by atoms with Gasteiger partial charge in [0.05, 0.1) is 4.92 Å². The summed E-state index contributed by atoms with van der Waals surface area (Å²) in [6.45, 7) is 0.570. The predicted molar refractivity (Wildman–Crippen MR) is 93.2 cm³/mol. The minimum absolute atomic E-state index is 0.0375. The summed E-state index contributed by atoms with van der Waals surface area (Å²) in [5, 5.41) is 17.2. The first-order valence-corrected chi connectivity index (χ1v) is 8.64. The van der Waals surface area contributed by atoms with Gasteiger partial charge in [-0.2, -0.15) is 0 Å². The van der Waals surface area contributed by atoms with Gasteiger partial charge < -0.3 is 10.6 Å². The number of carbonyl (C=O) groups excluding carboxylic acids is 1. The largest absolute Gasteiger partial charge is 0.377 e. The number of hydrogen-bond donors (Lipinski definition) is 2. The third-order valence-electron chi connectivity index (χ3n) is 4.51. The quantitative estimate of drug-likeness (QED) is 0.453. The molecule has 24 heavy (non-hydrogen) atoms. The number of anilines is 1. The van der Waals surface area contributed by atoms with Gasteiger partial charge >= 0.3 is 0 Å². The average Bonchev–Trinajstić information content (AvgIpc) is 3.40. The van der Waals surface area contributed by atoms with Crippen LogP contribution in [0.25, 0.3) is 0 Å². The van der Waals surface area contributed by atoms with Crippen molar-refractivity contribution in [2.24, 2.45) is 0 Å². The van der Waals surface area contributed by atoms with Gasteiger partial charge in [0.25, 0.3) is 11.6 Å². The van der Waals surface area contributed by atoms with Crippen molar-refractivity contribution in [3.8, 4) is 0 Å². The highest BCUT2D eigenvalue weighted by atomic mass is 16.6. The third kappa shape index (κ3) is 4.34. The molecule has 0 bridgehead atoms. The zero-order valence-electron chi connectivity index (χ0n) is 13.7. The van der Waals surface area contributed by atoms with Crippen molar-refractivity contribution in [2.75, 3.05) is 11.9 Å². The van der Waals surface area contributed by atoms with E-state index in [9.17, 15) is 14.9 Å². The Morgan fingerprint density at radius 2 is 2.12 bits per heavy atom. The van der Waals surface area contributed by atoms with Gasteiger partial charge in [0.1, 0.15) is 5.69 Å². The molecule has 0 aromatic heterocycles. The van der Waals surface area contributed by atoms with Crippen LogP contribution in [0.1, 0.15) is 55.3 Å². The average molecular weight is 329 g/mol. The molecule has 0 aliphatic heterocycles. The second-order valence-corrected chi connectivity index (χ2v) is 6.52. The normalized spacial score (nSPS) is 17.1. The van der Waals surface area contributed by atoms with E-state index in [2.05, 4.69) is 16.7 Å². The summed E-state index contributed by atoms with van der Waals surface area (Å²) in [6, 6.07) is 4.97. The Balaban J connectivity index is 1.60. The number of benzene rings is 1. The summed E-state index contributed by atoms with van der Waals surface area (Å²) in [6.07, 6.45) is 9.91. The van der Waals surface area contributed by atoms with Crippen LogP contribution in [0, 0.1) is 10.1 Å². The molecule has 1 saturated carbocycles. The van der Waals surface area contributed by atoms with Gasteiger partial charge in [-0.15, -0.1) is 0 Å². The van der Waals surface area contributed by atoms with E-state index in [1.54, 1.807) is 12.1 Å². The van der Waals surface area contributed by atoms with Crippen molar-refractivity contribution in [2.45, 2.75) is 51.0 Å². The van der Waals surface area contributed by atoms with Gasteiger partial charge in [-0.05, 0) is 57.1 Å². The van der Waals surface area contributed by atoms with Crippen LogP contribution in [-0.2, 0) is 0 Å². The lowest BCUT2D eigenvalue weighted by molar-refractivity contribution is -0.384. The van der Waals surface area contributed by atoms with Crippen LogP contribution in [0.3, 0.4) is 0 Å². The van der Waals surface area contributed by atoms with E-state index in [-0.39, 0.29) is 11.6 Å². The topological polar surface area (TPSA) is 84.3 Å². The number of nitrogens with one attached hydrogen (secondary N) is 2. The SMILES string of the molecule is O=C(NCCC1=CCCCC1)c1ccc(NC2CC2)c([N+](=O)[O-])c1. The fraction of sp³-hybridized carbons (Fsp3) is 0.500. The molecule has 1 fully saturated rings. The lowest BCUT2D eigenvalue weighted by Crippen LogP contribution is -2.25. The molecule has 0 spiro atoms. The molecule has 0 heterocycles. The number of rotatable bonds is 7. The van der Waals surface area contributed by atoms with Gasteiger partial charge in [0, 0.05) is 24.2 Å². The first-order chi connectivity index (χ1) is 11.6. The molecule has 2 aliphatic carbocycles. The molecular formula is C18H23N3O3. The van der Waals surface area contributed by atoms with E-state index in [0.29, 0.717) is 23.8 Å². The Morgan fingerprint density at radius 1 is 1.29 bits per heavy atom. The molecule has 2 aliphatic rings. The summed E-state index contributed by atoms with van der Waals surface area (Å²) in [5.74, 6) is -0.257. The third-order valence-corrected chi connectivity index (χ3v) is 4.51. The van der Waals surface area contributed by atoms with Gasteiger partial charge in [0.15, 0.2) is 0 Å². The molecule has 0 unspecified atom stereocenters. The zero-order chi connectivity index (χ0) is 16.9. The summed E-state index contributed by atoms with van der Waals surface area (Å²) >= 11 is 0. The standard InChI is InChI=1S/C18H23N3O3/c22-18(19-11-10-13-4-2-1-3-5-13)14-6-9-16(20-15-7-8-15)17(12-14)21(23)24/h4,6,9,12,15,20H,1-3,5,7-8,10-11H2,(H,19,22). The van der Waals surface area contributed by atoms with Gasteiger partial charge in [0.2, 0.25) is 0 Å². The lowest BCUT2D eigenvalue weighted by atomic mass is 9.97. The van der Waals surface area contributed by atoms with Crippen LogP contribution in [0.15, 0.2) is 29.8 Å². The molecule has 1 aromatic rings. The van der Waals surface area contributed by atoms with Crippen LogP contribution in [0.2, 0.25) is 0 Å². The summed E-state index contributed by atoms with van der Waals surface area (Å²) in [4.78, 5) is 23.0. The Kier molecular flexibility index (Phi) is 5.13. The Morgan fingerprint density at radius 3 is 2.79 bits per heavy atom. The molecule has 2 N–H and O–H groups in total. The molecule has 1 aromatic carbocycles. The van der Waals surface area contributed by atoms with Gasteiger partial charge in [-0.25, -0.2) is 0 Å². The van der Waals surface area contributed by atoms with E-state index >= 15 is 0 Å². The minimum atomic E-state index is -0.436. The monoisotopic (exact) mass is 329 g/mol. The Labute approximate surface area is 141 Å². The highest BCUT2D eigenvalue weighted by Gasteiger charge is 2.25. The van der Waals surface area contributed by atoms with Crippen LogP contribution >= 0.6 is 0 Å². The van der Waals surface area contributed by atoms with Crippen molar-refractivity contribution < 1.29 is 9.72 Å². The Hall–Kier alpha value is -2.37. The summed E-state index contributed by atoms with van der Waals surface area (Å²) in [5.41, 5.74) is 2.19. The first-order valence-electron chi connectivity index (χ1n) is 8.64. The maximum Gasteiger partial charge on any atom is 0.293 e. The van der Waals surface area contributed by atoms with Gasteiger partial charge in [-0.3, -0.25) is 14.9 Å². The van der Waals surface area contributed by atoms with E-state index in [1.165, 1.54) is 24.5 Å². The smallest absolute Gasteiger partial charge is 0.293 e. The van der Waals surface area contributed by atoms with Crippen LogP contribution in [0.4, 0.5) is 11.4 Å². The second kappa shape index (κ2) is 7.47. The minimum Gasteiger partial charge on any atom is -0.377 e. The Bertz CT molecular complexity index is 665. The predicted octanol–water partition coefficient (Wildman–Crippen LogP) is 3.79. The molecular weight excluding hydrogens is 306 g/mol. The van der Waals surface area contributed by atoms with Crippen molar-refractivity contribution >= 4 is 17.3 Å². The maximum absolute atomic E-state index is 12.2. The molecule has 0 radical (unpaired) electrons. The van der Waals surface area contributed by atoms with Crippen LogP contribution < -0.4 is 10.6 Å². The number of amides is 1. The highest BCUT2D eigenvalue weighted by molar-refractivity contribution is 5.95. The first kappa shape index (κ1) is 16.5. The van der Waals surface area contributed by atoms with Crippen molar-refractivity contribution in [1.82, 2.24) is 5.32 Å². The number of carbonyl (C=O) groups is 1. The van der Waals surface area contributed by atoms with E-state index in [0.717, 1.165) is 32.1 Å². The van der Waals surface area contributed by atoms with E-state index < -0.39 is 4.92 Å². The zero-order valence-corrected chi connectivity index (χ0v) is 13.7. The number of nitro benzene ring substituents is 1. The number of hydrogen-bond acceptors (Lipinski definition) is 4. The molecule has 3 rings (SSSR count). The lowest BCUT2D eigenvalue weighted by Gasteiger charge is -2.13.